The standard InChI is InChI=1S/C24H32N6O/c1-3-30-14-11-25-23(30)18-29-12-9-19(10-13-29)15-22-21(17-28(2)27-22)24(31)26-16-20-7-5-4-6-8-20/h4-8,11,14,17,19H,3,9-10,12-13,15-16,18H2,1-2H3,(H,26,31). The van der Waals surface area contributed by atoms with Crippen molar-refractivity contribution in [2.24, 2.45) is 13.0 Å². The van der Waals surface area contributed by atoms with Gasteiger partial charge in [-0.1, -0.05) is 30.3 Å². The Kier molecular flexibility index (Phi) is 6.82. The fourth-order valence-electron chi connectivity index (χ4n) is 4.35. The molecule has 1 aromatic carbocycles. The van der Waals surface area contributed by atoms with E-state index >= 15 is 0 Å². The highest BCUT2D eigenvalue weighted by Crippen LogP contribution is 2.23. The van der Waals surface area contributed by atoms with E-state index in [4.69, 9.17) is 0 Å². The number of carbonyl (C=O) groups excluding carboxylic acids is 1. The average molecular weight is 421 g/mol. The highest BCUT2D eigenvalue weighted by atomic mass is 16.1. The Morgan fingerprint density at radius 3 is 2.71 bits per heavy atom. The lowest BCUT2D eigenvalue weighted by molar-refractivity contribution is 0.0949. The maximum atomic E-state index is 12.8. The Morgan fingerprint density at radius 2 is 1.97 bits per heavy atom. The molecule has 0 radical (unpaired) electrons. The van der Waals surface area contributed by atoms with Crippen LogP contribution in [0.15, 0.2) is 48.9 Å². The van der Waals surface area contributed by atoms with E-state index in [0.29, 0.717) is 18.0 Å². The van der Waals surface area contributed by atoms with Gasteiger partial charge >= 0.3 is 0 Å². The van der Waals surface area contributed by atoms with Crippen LogP contribution in [-0.2, 0) is 33.1 Å². The van der Waals surface area contributed by atoms with Crippen LogP contribution < -0.4 is 5.32 Å². The summed E-state index contributed by atoms with van der Waals surface area (Å²) in [7, 11) is 1.88. The summed E-state index contributed by atoms with van der Waals surface area (Å²) < 4.78 is 3.97. The number of hydrogen-bond donors (Lipinski definition) is 1. The Balaban J connectivity index is 1.31. The number of nitrogens with one attached hydrogen (secondary N) is 1. The largest absolute Gasteiger partial charge is 0.348 e. The minimum atomic E-state index is -0.0456. The van der Waals surface area contributed by atoms with Crippen LogP contribution >= 0.6 is 0 Å². The lowest BCUT2D eigenvalue weighted by atomic mass is 9.91. The van der Waals surface area contributed by atoms with Crippen molar-refractivity contribution in [3.63, 3.8) is 0 Å². The first-order chi connectivity index (χ1) is 15.1. The number of amides is 1. The molecule has 0 spiro atoms. The molecule has 1 N–H and O–H groups in total. The van der Waals surface area contributed by atoms with Crippen LogP contribution in [0.2, 0.25) is 0 Å². The molecule has 1 amide bonds. The molecule has 164 valence electrons. The van der Waals surface area contributed by atoms with Crippen molar-refractivity contribution >= 4 is 5.91 Å². The molecule has 4 rings (SSSR count). The zero-order valence-corrected chi connectivity index (χ0v) is 18.5. The summed E-state index contributed by atoms with van der Waals surface area (Å²) in [6.07, 6.45) is 8.87. The molecule has 3 aromatic rings. The molecule has 1 fully saturated rings. The zero-order valence-electron chi connectivity index (χ0n) is 18.5. The van der Waals surface area contributed by atoms with Crippen molar-refractivity contribution in [2.75, 3.05) is 13.1 Å². The third-order valence-electron chi connectivity index (χ3n) is 6.14. The fourth-order valence-corrected chi connectivity index (χ4v) is 4.35. The minimum Gasteiger partial charge on any atom is -0.348 e. The molecule has 0 saturated carbocycles. The number of benzene rings is 1. The van der Waals surface area contributed by atoms with Gasteiger partial charge in [0.15, 0.2) is 0 Å². The molecule has 0 atom stereocenters. The van der Waals surface area contributed by atoms with E-state index in [1.807, 2.05) is 56.0 Å². The van der Waals surface area contributed by atoms with Gasteiger partial charge in [0, 0.05) is 38.7 Å². The molecule has 0 aliphatic carbocycles. The second-order valence-corrected chi connectivity index (χ2v) is 8.38. The van der Waals surface area contributed by atoms with Gasteiger partial charge < -0.3 is 9.88 Å². The number of likely N-dealkylation sites (tertiary alicyclic amines) is 1. The Labute approximate surface area is 184 Å². The number of aromatic nitrogens is 4. The monoisotopic (exact) mass is 420 g/mol. The number of carbonyl (C=O) groups is 1. The summed E-state index contributed by atoms with van der Waals surface area (Å²) in [4.78, 5) is 19.8. The normalized spacial score (nSPS) is 15.3. The van der Waals surface area contributed by atoms with Crippen LogP contribution in [-0.4, -0.2) is 43.2 Å². The second kappa shape index (κ2) is 9.92. The smallest absolute Gasteiger partial charge is 0.255 e. The van der Waals surface area contributed by atoms with Crippen molar-refractivity contribution in [1.29, 1.82) is 0 Å². The molecule has 1 saturated heterocycles. The van der Waals surface area contributed by atoms with Gasteiger partial charge in [0.25, 0.3) is 5.91 Å². The van der Waals surface area contributed by atoms with E-state index in [2.05, 4.69) is 31.8 Å². The summed E-state index contributed by atoms with van der Waals surface area (Å²) in [5, 5.41) is 7.65. The van der Waals surface area contributed by atoms with Crippen molar-refractivity contribution in [2.45, 2.75) is 45.8 Å². The van der Waals surface area contributed by atoms with E-state index in [-0.39, 0.29) is 5.91 Å². The molecule has 1 aliphatic heterocycles. The summed E-state index contributed by atoms with van der Waals surface area (Å²) in [6.45, 7) is 6.66. The average Bonchev–Trinajstić information content (AvgIpc) is 3.39. The van der Waals surface area contributed by atoms with E-state index < -0.39 is 0 Å². The molecule has 31 heavy (non-hydrogen) atoms. The van der Waals surface area contributed by atoms with E-state index in [1.54, 1.807) is 4.68 Å². The van der Waals surface area contributed by atoms with Crippen LogP contribution in [0.1, 0.15) is 47.2 Å². The topological polar surface area (TPSA) is 68.0 Å². The number of aryl methyl sites for hydroxylation is 2. The van der Waals surface area contributed by atoms with Crippen molar-refractivity contribution in [3.05, 3.63) is 71.6 Å². The van der Waals surface area contributed by atoms with E-state index in [1.165, 1.54) is 0 Å². The third kappa shape index (κ3) is 5.41. The molecule has 7 heteroatoms. The summed E-state index contributed by atoms with van der Waals surface area (Å²) in [5.41, 5.74) is 2.70. The van der Waals surface area contributed by atoms with Crippen molar-refractivity contribution < 1.29 is 4.79 Å². The molecule has 1 aliphatic rings. The van der Waals surface area contributed by atoms with Crippen LogP contribution in [0.5, 0.6) is 0 Å². The molecule has 7 nitrogen and oxygen atoms in total. The molecular formula is C24H32N6O. The summed E-state index contributed by atoms with van der Waals surface area (Å²) in [6, 6.07) is 9.99. The van der Waals surface area contributed by atoms with Gasteiger partial charge in [-0.25, -0.2) is 4.98 Å². The number of rotatable bonds is 8. The van der Waals surface area contributed by atoms with Gasteiger partial charge in [0.1, 0.15) is 5.82 Å². The number of imidazole rings is 1. The summed E-state index contributed by atoms with van der Waals surface area (Å²) >= 11 is 0. The third-order valence-corrected chi connectivity index (χ3v) is 6.14. The highest BCUT2D eigenvalue weighted by Gasteiger charge is 2.24. The van der Waals surface area contributed by atoms with Crippen LogP contribution in [0.25, 0.3) is 0 Å². The Morgan fingerprint density at radius 1 is 1.19 bits per heavy atom. The van der Waals surface area contributed by atoms with Gasteiger partial charge in [0.05, 0.1) is 17.8 Å². The SMILES string of the molecule is CCn1ccnc1CN1CCC(Cc2nn(C)cc2C(=O)NCc2ccccc2)CC1. The predicted octanol–water partition coefficient (Wildman–Crippen LogP) is 3.02. The van der Waals surface area contributed by atoms with Gasteiger partial charge in [-0.05, 0) is 50.8 Å². The van der Waals surface area contributed by atoms with Gasteiger partial charge in [0.2, 0.25) is 0 Å². The van der Waals surface area contributed by atoms with Crippen molar-refractivity contribution in [1.82, 2.24) is 29.5 Å². The maximum absolute atomic E-state index is 12.8. The van der Waals surface area contributed by atoms with Gasteiger partial charge in [-0.3, -0.25) is 14.4 Å². The quantitative estimate of drug-likeness (QED) is 0.608. The first-order valence-corrected chi connectivity index (χ1v) is 11.2. The van der Waals surface area contributed by atoms with Crippen molar-refractivity contribution in [3.8, 4) is 0 Å². The molecule has 0 bridgehead atoms. The highest BCUT2D eigenvalue weighted by molar-refractivity contribution is 5.95. The number of piperidine rings is 1. The molecule has 3 heterocycles. The van der Waals surface area contributed by atoms with Crippen LogP contribution in [0.4, 0.5) is 0 Å². The fraction of sp³-hybridized carbons (Fsp3) is 0.458. The lowest BCUT2D eigenvalue weighted by Crippen LogP contribution is -2.35. The van der Waals surface area contributed by atoms with Crippen LogP contribution in [0.3, 0.4) is 0 Å². The Hall–Kier alpha value is -2.93. The first-order valence-electron chi connectivity index (χ1n) is 11.2. The van der Waals surface area contributed by atoms with E-state index in [9.17, 15) is 4.79 Å². The second-order valence-electron chi connectivity index (χ2n) is 8.38. The van der Waals surface area contributed by atoms with Gasteiger partial charge in [-0.15, -0.1) is 0 Å². The number of nitrogens with zero attached hydrogens (tertiary/aromatic N) is 5. The zero-order chi connectivity index (χ0) is 21.6. The summed E-state index contributed by atoms with van der Waals surface area (Å²) in [5.74, 6) is 1.65. The van der Waals surface area contributed by atoms with Crippen LogP contribution in [0, 0.1) is 5.92 Å². The minimum absolute atomic E-state index is 0.0456. The van der Waals surface area contributed by atoms with E-state index in [0.717, 1.165) is 62.5 Å². The maximum Gasteiger partial charge on any atom is 0.255 e. The first kappa shape index (κ1) is 21.3. The Bertz CT molecular complexity index is 985. The lowest BCUT2D eigenvalue weighted by Gasteiger charge is -2.31. The number of hydrogen-bond acceptors (Lipinski definition) is 4. The predicted molar refractivity (Wildman–Crippen MR) is 120 cm³/mol. The molecule has 0 unspecified atom stereocenters. The molecule has 2 aromatic heterocycles. The van der Waals surface area contributed by atoms with Gasteiger partial charge in [-0.2, -0.15) is 5.10 Å². The molecular weight excluding hydrogens is 388 g/mol.